The number of anilines is 1. The van der Waals surface area contributed by atoms with Crippen LogP contribution >= 0.6 is 15.9 Å². The molecule has 1 saturated carbocycles. The van der Waals surface area contributed by atoms with E-state index in [0.29, 0.717) is 6.04 Å². The zero-order valence-electron chi connectivity index (χ0n) is 9.63. The minimum Gasteiger partial charge on any atom is -0.369 e. The molecule has 1 heterocycles. The first-order valence-corrected chi connectivity index (χ1v) is 6.98. The molecule has 3 rings (SSSR count). The molecular weight excluding hydrogens is 283 g/mol. The second kappa shape index (κ2) is 4.58. The van der Waals surface area contributed by atoms with Gasteiger partial charge in [0.15, 0.2) is 0 Å². The molecule has 17 heavy (non-hydrogen) atoms. The van der Waals surface area contributed by atoms with E-state index in [-0.39, 0.29) is 5.82 Å². The van der Waals surface area contributed by atoms with Crippen LogP contribution in [0.3, 0.4) is 0 Å². The van der Waals surface area contributed by atoms with Crippen LogP contribution in [0.15, 0.2) is 22.7 Å². The average molecular weight is 299 g/mol. The predicted molar refractivity (Wildman–Crippen MR) is 70.9 cm³/mol. The van der Waals surface area contributed by atoms with Crippen LogP contribution in [0.1, 0.15) is 19.3 Å². The van der Waals surface area contributed by atoms with Gasteiger partial charge in [0, 0.05) is 29.6 Å². The molecule has 2 aliphatic rings. The predicted octanol–water partition coefficient (Wildman–Crippen LogP) is 2.92. The lowest BCUT2D eigenvalue weighted by molar-refractivity contribution is 0.548. The van der Waals surface area contributed by atoms with Gasteiger partial charge in [-0.15, -0.1) is 0 Å². The quantitative estimate of drug-likeness (QED) is 0.923. The Labute approximate surface area is 109 Å². The van der Waals surface area contributed by atoms with Crippen LogP contribution in [0.5, 0.6) is 0 Å². The van der Waals surface area contributed by atoms with Crippen LogP contribution in [0.4, 0.5) is 10.1 Å². The maximum atomic E-state index is 13.3. The van der Waals surface area contributed by atoms with Gasteiger partial charge in [-0.2, -0.15) is 0 Å². The fourth-order valence-corrected chi connectivity index (χ4v) is 2.92. The molecular formula is C13H16BrFN2. The van der Waals surface area contributed by atoms with Crippen LogP contribution in [0.2, 0.25) is 0 Å². The van der Waals surface area contributed by atoms with E-state index in [9.17, 15) is 4.39 Å². The summed E-state index contributed by atoms with van der Waals surface area (Å²) in [4.78, 5) is 2.26. The van der Waals surface area contributed by atoms with Crippen LogP contribution in [0, 0.1) is 5.82 Å². The SMILES string of the molecule is Fc1ccc(Br)c(N2CCC(NC3CC3)C2)c1. The molecule has 92 valence electrons. The lowest BCUT2D eigenvalue weighted by Gasteiger charge is -2.20. The largest absolute Gasteiger partial charge is 0.369 e. The van der Waals surface area contributed by atoms with Crippen molar-refractivity contribution in [3.63, 3.8) is 0 Å². The summed E-state index contributed by atoms with van der Waals surface area (Å²) in [5.74, 6) is -0.165. The Hall–Kier alpha value is -0.610. The Morgan fingerprint density at radius 2 is 2.06 bits per heavy atom. The molecule has 4 heteroatoms. The summed E-state index contributed by atoms with van der Waals surface area (Å²) in [6.07, 6.45) is 3.79. The van der Waals surface area contributed by atoms with E-state index in [1.165, 1.54) is 18.9 Å². The van der Waals surface area contributed by atoms with Gasteiger partial charge in [0.25, 0.3) is 0 Å². The summed E-state index contributed by atoms with van der Waals surface area (Å²) in [5, 5.41) is 3.64. The Morgan fingerprint density at radius 1 is 1.24 bits per heavy atom. The highest BCUT2D eigenvalue weighted by Crippen LogP contribution is 2.30. The highest BCUT2D eigenvalue weighted by molar-refractivity contribution is 9.10. The fraction of sp³-hybridized carbons (Fsp3) is 0.538. The molecule has 1 aliphatic heterocycles. The third kappa shape index (κ3) is 2.63. The normalized spacial score (nSPS) is 24.4. The third-order valence-corrected chi connectivity index (χ3v) is 4.16. The zero-order chi connectivity index (χ0) is 11.8. The highest BCUT2D eigenvalue weighted by Gasteiger charge is 2.29. The number of halogens is 2. The Kier molecular flexibility index (Phi) is 3.09. The molecule has 1 atom stereocenters. The molecule has 0 amide bonds. The van der Waals surface area contributed by atoms with Crippen molar-refractivity contribution in [3.05, 3.63) is 28.5 Å². The molecule has 1 unspecified atom stereocenters. The molecule has 1 aromatic carbocycles. The average Bonchev–Trinajstić information content (AvgIpc) is 2.99. The second-order valence-electron chi connectivity index (χ2n) is 4.97. The number of hydrogen-bond acceptors (Lipinski definition) is 2. The van der Waals surface area contributed by atoms with Crippen LogP contribution in [-0.2, 0) is 0 Å². The van der Waals surface area contributed by atoms with Crippen molar-refractivity contribution in [1.82, 2.24) is 5.32 Å². The Balaban J connectivity index is 1.69. The minimum absolute atomic E-state index is 0.165. The topological polar surface area (TPSA) is 15.3 Å². The number of rotatable bonds is 3. The summed E-state index contributed by atoms with van der Waals surface area (Å²) in [6, 6.07) is 6.20. The maximum Gasteiger partial charge on any atom is 0.125 e. The van der Waals surface area contributed by atoms with Crippen molar-refractivity contribution in [2.75, 3.05) is 18.0 Å². The van der Waals surface area contributed by atoms with Crippen molar-refractivity contribution in [3.8, 4) is 0 Å². The lowest BCUT2D eigenvalue weighted by atomic mass is 10.2. The van der Waals surface area contributed by atoms with Crippen molar-refractivity contribution < 1.29 is 4.39 Å². The Bertz CT molecular complexity index is 420. The summed E-state index contributed by atoms with van der Waals surface area (Å²) in [6.45, 7) is 1.99. The Morgan fingerprint density at radius 3 is 2.82 bits per heavy atom. The second-order valence-corrected chi connectivity index (χ2v) is 5.82. The highest BCUT2D eigenvalue weighted by atomic mass is 79.9. The number of benzene rings is 1. The summed E-state index contributed by atoms with van der Waals surface area (Å²) in [5.41, 5.74) is 0.977. The number of nitrogens with zero attached hydrogens (tertiary/aromatic N) is 1. The molecule has 0 bridgehead atoms. The standard InChI is InChI=1S/C13H16BrFN2/c14-12-4-1-9(15)7-13(12)17-6-5-11(8-17)16-10-2-3-10/h1,4,7,10-11,16H,2-3,5-6,8H2. The van der Waals surface area contributed by atoms with Crippen molar-refractivity contribution in [2.45, 2.75) is 31.3 Å². The van der Waals surface area contributed by atoms with Gasteiger partial charge in [-0.1, -0.05) is 0 Å². The van der Waals surface area contributed by atoms with Crippen LogP contribution < -0.4 is 10.2 Å². The van der Waals surface area contributed by atoms with Gasteiger partial charge in [0.1, 0.15) is 5.82 Å². The minimum atomic E-state index is -0.165. The summed E-state index contributed by atoms with van der Waals surface area (Å²) in [7, 11) is 0. The van der Waals surface area contributed by atoms with E-state index < -0.39 is 0 Å². The first-order chi connectivity index (χ1) is 8.22. The lowest BCUT2D eigenvalue weighted by Crippen LogP contribution is -2.34. The number of hydrogen-bond donors (Lipinski definition) is 1. The van der Waals surface area contributed by atoms with E-state index in [4.69, 9.17) is 0 Å². The van der Waals surface area contributed by atoms with Crippen LogP contribution in [0.25, 0.3) is 0 Å². The van der Waals surface area contributed by atoms with Gasteiger partial charge >= 0.3 is 0 Å². The molecule has 2 nitrogen and oxygen atoms in total. The smallest absolute Gasteiger partial charge is 0.125 e. The molecule has 0 spiro atoms. The zero-order valence-corrected chi connectivity index (χ0v) is 11.2. The van der Waals surface area contributed by atoms with Crippen molar-refractivity contribution in [2.24, 2.45) is 0 Å². The van der Waals surface area contributed by atoms with Gasteiger partial charge in [-0.05, 0) is 53.4 Å². The molecule has 0 aromatic heterocycles. The monoisotopic (exact) mass is 298 g/mol. The molecule has 2 fully saturated rings. The third-order valence-electron chi connectivity index (χ3n) is 3.49. The van der Waals surface area contributed by atoms with E-state index in [1.807, 2.05) is 0 Å². The van der Waals surface area contributed by atoms with Gasteiger partial charge in [0.05, 0.1) is 5.69 Å². The first kappa shape index (κ1) is 11.5. The molecule has 0 radical (unpaired) electrons. The molecule has 1 N–H and O–H groups in total. The van der Waals surface area contributed by atoms with E-state index in [2.05, 4.69) is 26.1 Å². The molecule has 1 aromatic rings. The van der Waals surface area contributed by atoms with Crippen molar-refractivity contribution in [1.29, 1.82) is 0 Å². The molecule has 1 aliphatic carbocycles. The van der Waals surface area contributed by atoms with Gasteiger partial charge < -0.3 is 10.2 Å². The maximum absolute atomic E-state index is 13.3. The van der Waals surface area contributed by atoms with Crippen molar-refractivity contribution >= 4 is 21.6 Å². The summed E-state index contributed by atoms with van der Waals surface area (Å²) >= 11 is 3.49. The molecule has 1 saturated heterocycles. The summed E-state index contributed by atoms with van der Waals surface area (Å²) < 4.78 is 14.2. The fourth-order valence-electron chi connectivity index (χ4n) is 2.43. The first-order valence-electron chi connectivity index (χ1n) is 6.18. The van der Waals surface area contributed by atoms with E-state index in [0.717, 1.165) is 35.7 Å². The van der Waals surface area contributed by atoms with Gasteiger partial charge in [0.2, 0.25) is 0 Å². The van der Waals surface area contributed by atoms with E-state index >= 15 is 0 Å². The van der Waals surface area contributed by atoms with Gasteiger partial charge in [-0.3, -0.25) is 0 Å². The van der Waals surface area contributed by atoms with Gasteiger partial charge in [-0.25, -0.2) is 4.39 Å². The van der Waals surface area contributed by atoms with E-state index in [1.54, 1.807) is 12.1 Å². The number of nitrogens with one attached hydrogen (secondary N) is 1. The van der Waals surface area contributed by atoms with Crippen LogP contribution in [-0.4, -0.2) is 25.2 Å².